The van der Waals surface area contributed by atoms with Crippen molar-refractivity contribution < 1.29 is 38.1 Å². The molecule has 2 rings (SSSR count). The Morgan fingerprint density at radius 1 is 0.579 bits per heavy atom. The van der Waals surface area contributed by atoms with Gasteiger partial charge >= 0.3 is 23.9 Å². The molecule has 2 atom stereocenters. The quantitative estimate of drug-likeness (QED) is 0.260. The molecular formula is C30H34O8. The highest BCUT2D eigenvalue weighted by molar-refractivity contribution is 5.94. The van der Waals surface area contributed by atoms with E-state index in [1.807, 2.05) is 12.1 Å². The molecule has 2 aromatic carbocycles. The number of hydrogen-bond acceptors (Lipinski definition) is 8. The molecule has 0 fully saturated rings. The van der Waals surface area contributed by atoms with Gasteiger partial charge in [-0.25, -0.2) is 19.2 Å². The predicted octanol–water partition coefficient (Wildman–Crippen LogP) is 4.92. The Balaban J connectivity index is 2.37. The van der Waals surface area contributed by atoms with Crippen molar-refractivity contribution in [1.82, 2.24) is 0 Å². The van der Waals surface area contributed by atoms with Crippen molar-refractivity contribution in [2.45, 2.75) is 65.0 Å². The summed E-state index contributed by atoms with van der Waals surface area (Å²) in [5.41, 5.74) is -0.562. The molecule has 0 N–H and O–H groups in total. The van der Waals surface area contributed by atoms with E-state index in [1.54, 1.807) is 90.1 Å². The first-order valence-corrected chi connectivity index (χ1v) is 12.1. The van der Waals surface area contributed by atoms with Gasteiger partial charge in [-0.1, -0.05) is 60.7 Å². The van der Waals surface area contributed by atoms with Gasteiger partial charge in [-0.05, 0) is 64.8 Å². The Morgan fingerprint density at radius 3 is 1.18 bits per heavy atom. The van der Waals surface area contributed by atoms with Crippen LogP contribution in [0.1, 0.15) is 52.7 Å². The van der Waals surface area contributed by atoms with E-state index in [-0.39, 0.29) is 0 Å². The van der Waals surface area contributed by atoms with Gasteiger partial charge in [0.25, 0.3) is 0 Å². The molecule has 0 amide bonds. The summed E-state index contributed by atoms with van der Waals surface area (Å²) in [5, 5.41) is 0. The highest BCUT2D eigenvalue weighted by atomic mass is 16.6. The summed E-state index contributed by atoms with van der Waals surface area (Å²) in [7, 11) is 0. The molecule has 0 aromatic heterocycles. The maximum Gasteiger partial charge on any atom is 0.352 e. The first-order chi connectivity index (χ1) is 17.7. The Kier molecular flexibility index (Phi) is 10.6. The largest absolute Gasteiger partial charge is 0.457 e. The molecule has 8 nitrogen and oxygen atoms in total. The molecule has 38 heavy (non-hydrogen) atoms. The van der Waals surface area contributed by atoms with E-state index in [4.69, 9.17) is 18.9 Å². The van der Waals surface area contributed by atoms with E-state index in [1.165, 1.54) is 12.2 Å². The van der Waals surface area contributed by atoms with Crippen LogP contribution in [-0.2, 0) is 38.1 Å². The van der Waals surface area contributed by atoms with Crippen LogP contribution in [0.5, 0.6) is 0 Å². The molecule has 0 aliphatic heterocycles. The van der Waals surface area contributed by atoms with E-state index < -0.39 is 47.3 Å². The number of esters is 4. The smallest absolute Gasteiger partial charge is 0.352 e. The third kappa shape index (κ3) is 11.2. The minimum atomic E-state index is -1.92. The lowest BCUT2D eigenvalue weighted by Crippen LogP contribution is -2.49. The van der Waals surface area contributed by atoms with Crippen LogP contribution >= 0.6 is 0 Å². The molecule has 0 saturated heterocycles. The van der Waals surface area contributed by atoms with E-state index in [0.29, 0.717) is 11.1 Å². The van der Waals surface area contributed by atoms with Gasteiger partial charge in [-0.2, -0.15) is 0 Å². The van der Waals surface area contributed by atoms with Crippen molar-refractivity contribution in [3.05, 3.63) is 83.9 Å². The van der Waals surface area contributed by atoms with Crippen molar-refractivity contribution in [2.75, 3.05) is 0 Å². The van der Waals surface area contributed by atoms with Crippen LogP contribution in [0.25, 0.3) is 12.2 Å². The number of carbonyl (C=O) groups is 4. The summed E-state index contributed by atoms with van der Waals surface area (Å²) >= 11 is 0. The maximum absolute atomic E-state index is 13.1. The SMILES string of the molecule is CC(C)(C)OC(=O)[C@H](OC(=O)/C=C/c1ccccc1)[C@@H](OC(=O)/C=C/c1ccccc1)C(=O)OC(C)(C)C. The van der Waals surface area contributed by atoms with Gasteiger partial charge in [-0.15, -0.1) is 0 Å². The lowest BCUT2D eigenvalue weighted by Gasteiger charge is -2.29. The van der Waals surface area contributed by atoms with Crippen LogP contribution in [0.3, 0.4) is 0 Å². The summed E-state index contributed by atoms with van der Waals surface area (Å²) in [6.07, 6.45) is 1.29. The molecule has 0 unspecified atom stereocenters. The number of benzene rings is 2. The third-order valence-corrected chi connectivity index (χ3v) is 4.46. The minimum Gasteiger partial charge on any atom is -0.457 e. The van der Waals surface area contributed by atoms with Crippen molar-refractivity contribution in [3.63, 3.8) is 0 Å². The second-order valence-corrected chi connectivity index (χ2v) is 10.3. The standard InChI is InChI=1S/C30H34O8/c1-29(2,3)37-27(33)25(35-23(31)19-17-21-13-9-7-10-14-21)26(28(34)38-30(4,5)6)36-24(32)20-18-22-15-11-8-12-16-22/h7-20,25-26H,1-6H3/b19-17+,20-18+/t25-,26-/m1/s1. The van der Waals surface area contributed by atoms with Crippen LogP contribution in [-0.4, -0.2) is 47.3 Å². The molecule has 0 aliphatic carbocycles. The van der Waals surface area contributed by atoms with Crippen LogP contribution in [0.4, 0.5) is 0 Å². The molecule has 8 heteroatoms. The Bertz CT molecular complexity index is 1060. The Hall–Kier alpha value is -4.20. The van der Waals surface area contributed by atoms with Crippen LogP contribution < -0.4 is 0 Å². The van der Waals surface area contributed by atoms with Crippen molar-refractivity contribution >= 4 is 36.0 Å². The van der Waals surface area contributed by atoms with Gasteiger partial charge in [0, 0.05) is 12.2 Å². The Morgan fingerprint density at radius 2 is 0.895 bits per heavy atom. The highest BCUT2D eigenvalue weighted by Crippen LogP contribution is 2.19. The molecule has 2 aromatic rings. The van der Waals surface area contributed by atoms with E-state index >= 15 is 0 Å². The van der Waals surface area contributed by atoms with E-state index in [2.05, 4.69) is 0 Å². The molecule has 202 valence electrons. The third-order valence-electron chi connectivity index (χ3n) is 4.46. The van der Waals surface area contributed by atoms with Crippen molar-refractivity contribution in [3.8, 4) is 0 Å². The summed E-state index contributed by atoms with van der Waals surface area (Å²) in [6, 6.07) is 17.8. The van der Waals surface area contributed by atoms with Crippen LogP contribution in [0, 0.1) is 0 Å². The number of hydrogen-bond donors (Lipinski definition) is 0. The van der Waals surface area contributed by atoms with Gasteiger partial charge in [0.05, 0.1) is 0 Å². The molecular weight excluding hydrogens is 488 g/mol. The molecule has 0 saturated carbocycles. The lowest BCUT2D eigenvalue weighted by molar-refractivity contribution is -0.197. The van der Waals surface area contributed by atoms with Gasteiger partial charge in [0.1, 0.15) is 11.2 Å². The topological polar surface area (TPSA) is 105 Å². The fourth-order valence-corrected chi connectivity index (χ4v) is 2.97. The number of carbonyl (C=O) groups excluding carboxylic acids is 4. The number of rotatable bonds is 9. The monoisotopic (exact) mass is 522 g/mol. The summed E-state index contributed by atoms with van der Waals surface area (Å²) < 4.78 is 21.4. The molecule has 0 radical (unpaired) electrons. The van der Waals surface area contributed by atoms with E-state index in [9.17, 15) is 19.2 Å². The van der Waals surface area contributed by atoms with Crippen LogP contribution in [0.2, 0.25) is 0 Å². The van der Waals surface area contributed by atoms with Crippen molar-refractivity contribution in [1.29, 1.82) is 0 Å². The summed E-state index contributed by atoms with van der Waals surface area (Å²) in [6.45, 7) is 9.64. The minimum absolute atomic E-state index is 0.708. The maximum atomic E-state index is 13.1. The average Bonchev–Trinajstić information content (AvgIpc) is 2.82. The molecule has 0 spiro atoms. The zero-order valence-corrected chi connectivity index (χ0v) is 22.5. The van der Waals surface area contributed by atoms with Gasteiger partial charge in [-0.3, -0.25) is 0 Å². The Labute approximate surface area is 223 Å². The first-order valence-electron chi connectivity index (χ1n) is 12.1. The first kappa shape index (κ1) is 30.0. The normalized spacial score (nSPS) is 13.5. The van der Waals surface area contributed by atoms with Gasteiger partial charge in [0.15, 0.2) is 0 Å². The zero-order chi connectivity index (χ0) is 28.3. The summed E-state index contributed by atoms with van der Waals surface area (Å²) in [5.74, 6) is -4.05. The lowest BCUT2D eigenvalue weighted by atomic mass is 10.1. The fourth-order valence-electron chi connectivity index (χ4n) is 2.97. The van der Waals surface area contributed by atoms with Gasteiger partial charge in [0.2, 0.25) is 12.2 Å². The second-order valence-electron chi connectivity index (χ2n) is 10.3. The van der Waals surface area contributed by atoms with Crippen molar-refractivity contribution in [2.24, 2.45) is 0 Å². The highest BCUT2D eigenvalue weighted by Gasteiger charge is 2.44. The molecule has 0 heterocycles. The van der Waals surface area contributed by atoms with Crippen LogP contribution in [0.15, 0.2) is 72.8 Å². The second kappa shape index (κ2) is 13.4. The summed E-state index contributed by atoms with van der Waals surface area (Å²) in [4.78, 5) is 51.6. The number of ether oxygens (including phenoxy) is 4. The predicted molar refractivity (Wildman–Crippen MR) is 142 cm³/mol. The van der Waals surface area contributed by atoms with Gasteiger partial charge < -0.3 is 18.9 Å². The zero-order valence-electron chi connectivity index (χ0n) is 22.5. The molecule has 0 bridgehead atoms. The average molecular weight is 523 g/mol. The fraction of sp³-hybridized carbons (Fsp3) is 0.333. The molecule has 0 aliphatic rings. The van der Waals surface area contributed by atoms with E-state index in [0.717, 1.165) is 12.2 Å².